The molecule has 2 amide bonds. The van der Waals surface area contributed by atoms with E-state index in [1.807, 2.05) is 55.5 Å². The molecule has 0 radical (unpaired) electrons. The molecular formula is C25H28N2O3S. The average Bonchev–Trinajstić information content (AvgIpc) is 2.78. The zero-order chi connectivity index (χ0) is 21.8. The third-order valence-electron chi connectivity index (χ3n) is 5.94. The number of methoxy groups -OCH3 is 1. The van der Waals surface area contributed by atoms with Gasteiger partial charge >= 0.3 is 0 Å². The SMILES string of the molecule is COc1ccc(CNC(=O)C2CCC3S/C(=C/c4cccc(C)c4)C(=O)NC3C2)cc1. The molecule has 1 heterocycles. The first-order valence-electron chi connectivity index (χ1n) is 10.7. The Hall–Kier alpha value is -2.73. The highest BCUT2D eigenvalue weighted by atomic mass is 32.2. The third-order valence-corrected chi connectivity index (χ3v) is 7.37. The van der Waals surface area contributed by atoms with Crippen LogP contribution in [0.4, 0.5) is 0 Å². The fourth-order valence-electron chi connectivity index (χ4n) is 4.22. The standard InChI is InChI=1S/C25H28N2O3S/c1-16-4-3-5-18(12-16)13-23-25(29)27-21-14-19(8-11-22(21)31-23)24(28)26-15-17-6-9-20(30-2)10-7-17/h3-7,9-10,12-13,19,21-22H,8,11,14-15H2,1-2H3,(H,26,28)(H,27,29)/b23-13+. The van der Waals surface area contributed by atoms with Crippen molar-refractivity contribution in [3.63, 3.8) is 0 Å². The van der Waals surface area contributed by atoms with Crippen LogP contribution in [0.1, 0.15) is 36.0 Å². The lowest BCUT2D eigenvalue weighted by molar-refractivity contribution is -0.127. The van der Waals surface area contributed by atoms with E-state index in [4.69, 9.17) is 4.74 Å². The van der Waals surface area contributed by atoms with Crippen molar-refractivity contribution in [2.45, 2.75) is 44.0 Å². The maximum absolute atomic E-state index is 12.7. The van der Waals surface area contributed by atoms with Gasteiger partial charge in [0, 0.05) is 23.8 Å². The monoisotopic (exact) mass is 436 g/mol. The number of ether oxygens (including phenoxy) is 1. The predicted octanol–water partition coefficient (Wildman–Crippen LogP) is 4.06. The lowest BCUT2D eigenvalue weighted by atomic mass is 9.84. The van der Waals surface area contributed by atoms with Crippen LogP contribution >= 0.6 is 11.8 Å². The molecule has 5 nitrogen and oxygen atoms in total. The molecule has 2 fully saturated rings. The smallest absolute Gasteiger partial charge is 0.257 e. The lowest BCUT2D eigenvalue weighted by Gasteiger charge is -2.39. The Morgan fingerprint density at radius 2 is 2.03 bits per heavy atom. The molecule has 1 aliphatic carbocycles. The van der Waals surface area contributed by atoms with E-state index in [-0.39, 0.29) is 23.8 Å². The molecule has 4 rings (SSSR count). The van der Waals surface area contributed by atoms with Crippen molar-refractivity contribution in [3.05, 3.63) is 70.1 Å². The fourth-order valence-corrected chi connectivity index (χ4v) is 5.51. The van der Waals surface area contributed by atoms with Gasteiger partial charge in [-0.15, -0.1) is 11.8 Å². The molecule has 0 bridgehead atoms. The van der Waals surface area contributed by atoms with Crippen molar-refractivity contribution in [1.82, 2.24) is 10.6 Å². The van der Waals surface area contributed by atoms with E-state index < -0.39 is 0 Å². The molecule has 3 unspecified atom stereocenters. The normalized spacial score (nSPS) is 24.3. The summed E-state index contributed by atoms with van der Waals surface area (Å²) in [7, 11) is 1.64. The number of carbonyl (C=O) groups is 2. The number of aryl methyl sites for hydroxylation is 1. The van der Waals surface area contributed by atoms with Crippen LogP contribution in [0.3, 0.4) is 0 Å². The van der Waals surface area contributed by atoms with Gasteiger partial charge < -0.3 is 15.4 Å². The fraction of sp³-hybridized carbons (Fsp3) is 0.360. The van der Waals surface area contributed by atoms with E-state index >= 15 is 0 Å². The molecule has 0 aromatic heterocycles. The van der Waals surface area contributed by atoms with Gasteiger partial charge in [0.05, 0.1) is 12.0 Å². The van der Waals surface area contributed by atoms with Crippen molar-refractivity contribution < 1.29 is 14.3 Å². The molecule has 2 aliphatic rings. The number of carbonyl (C=O) groups excluding carboxylic acids is 2. The highest BCUT2D eigenvalue weighted by Gasteiger charge is 2.39. The van der Waals surface area contributed by atoms with Crippen molar-refractivity contribution in [2.75, 3.05) is 7.11 Å². The molecule has 162 valence electrons. The summed E-state index contributed by atoms with van der Waals surface area (Å²) in [5.41, 5.74) is 3.26. The number of amides is 2. The van der Waals surface area contributed by atoms with Crippen LogP contribution in [-0.4, -0.2) is 30.2 Å². The molecule has 1 saturated carbocycles. The minimum atomic E-state index is -0.0669. The minimum Gasteiger partial charge on any atom is -0.497 e. The Bertz CT molecular complexity index is 987. The molecule has 1 aliphatic heterocycles. The molecule has 2 aromatic rings. The molecule has 3 atom stereocenters. The average molecular weight is 437 g/mol. The number of benzene rings is 2. The number of fused-ring (bicyclic) bond motifs is 1. The van der Waals surface area contributed by atoms with E-state index in [9.17, 15) is 9.59 Å². The number of hydrogen-bond donors (Lipinski definition) is 2. The largest absolute Gasteiger partial charge is 0.497 e. The molecular weight excluding hydrogens is 408 g/mol. The summed E-state index contributed by atoms with van der Waals surface area (Å²) in [6.07, 6.45) is 4.42. The third kappa shape index (κ3) is 5.31. The maximum atomic E-state index is 12.7. The first-order chi connectivity index (χ1) is 15.0. The predicted molar refractivity (Wildman–Crippen MR) is 125 cm³/mol. The summed E-state index contributed by atoms with van der Waals surface area (Å²) in [5.74, 6) is 0.763. The van der Waals surface area contributed by atoms with Crippen LogP contribution in [0.25, 0.3) is 6.08 Å². The number of nitrogens with one attached hydrogen (secondary N) is 2. The van der Waals surface area contributed by atoms with Crippen LogP contribution in [0, 0.1) is 12.8 Å². The van der Waals surface area contributed by atoms with Crippen molar-refractivity contribution in [1.29, 1.82) is 0 Å². The molecule has 1 saturated heterocycles. The first-order valence-corrected chi connectivity index (χ1v) is 11.6. The van der Waals surface area contributed by atoms with Crippen molar-refractivity contribution >= 4 is 29.7 Å². The highest BCUT2D eigenvalue weighted by Crippen LogP contribution is 2.40. The van der Waals surface area contributed by atoms with E-state index in [0.717, 1.165) is 34.6 Å². The van der Waals surface area contributed by atoms with Gasteiger partial charge in [-0.3, -0.25) is 9.59 Å². The van der Waals surface area contributed by atoms with Gasteiger partial charge in [-0.05, 0) is 55.5 Å². The second-order valence-corrected chi connectivity index (χ2v) is 9.52. The lowest BCUT2D eigenvalue weighted by Crippen LogP contribution is -2.51. The molecule has 2 N–H and O–H groups in total. The quantitative estimate of drug-likeness (QED) is 0.694. The van der Waals surface area contributed by atoms with E-state index in [1.165, 1.54) is 5.56 Å². The van der Waals surface area contributed by atoms with Gasteiger partial charge in [0.25, 0.3) is 5.91 Å². The number of hydrogen-bond acceptors (Lipinski definition) is 4. The maximum Gasteiger partial charge on any atom is 0.257 e. The van der Waals surface area contributed by atoms with Gasteiger partial charge in [0.2, 0.25) is 5.91 Å². The molecule has 0 spiro atoms. The molecule has 6 heteroatoms. The van der Waals surface area contributed by atoms with Crippen molar-refractivity contribution in [3.8, 4) is 5.75 Å². The molecule has 31 heavy (non-hydrogen) atoms. The van der Waals surface area contributed by atoms with E-state index in [1.54, 1.807) is 18.9 Å². The topological polar surface area (TPSA) is 67.4 Å². The second-order valence-electron chi connectivity index (χ2n) is 8.23. The van der Waals surface area contributed by atoms with E-state index in [2.05, 4.69) is 16.7 Å². The van der Waals surface area contributed by atoms with Crippen LogP contribution in [0.2, 0.25) is 0 Å². The Balaban J connectivity index is 1.33. The zero-order valence-corrected chi connectivity index (χ0v) is 18.7. The summed E-state index contributed by atoms with van der Waals surface area (Å²) in [6.45, 7) is 2.55. The molecule has 2 aromatic carbocycles. The summed E-state index contributed by atoms with van der Waals surface area (Å²) in [6, 6.07) is 15.9. The highest BCUT2D eigenvalue weighted by molar-refractivity contribution is 8.04. The Kier molecular flexibility index (Phi) is 6.66. The van der Waals surface area contributed by atoms with E-state index in [0.29, 0.717) is 18.2 Å². The zero-order valence-electron chi connectivity index (χ0n) is 17.9. The van der Waals surface area contributed by atoms with Crippen LogP contribution in [-0.2, 0) is 16.1 Å². The van der Waals surface area contributed by atoms with Crippen molar-refractivity contribution in [2.24, 2.45) is 5.92 Å². The summed E-state index contributed by atoms with van der Waals surface area (Å²) in [5, 5.41) is 6.52. The van der Waals surface area contributed by atoms with Gasteiger partial charge in [-0.2, -0.15) is 0 Å². The van der Waals surface area contributed by atoms with Crippen LogP contribution < -0.4 is 15.4 Å². The summed E-state index contributed by atoms with van der Waals surface area (Å²) in [4.78, 5) is 26.1. The summed E-state index contributed by atoms with van der Waals surface area (Å²) < 4.78 is 5.17. The van der Waals surface area contributed by atoms with Crippen LogP contribution in [0.15, 0.2) is 53.4 Å². The van der Waals surface area contributed by atoms with Gasteiger partial charge in [-0.25, -0.2) is 0 Å². The van der Waals surface area contributed by atoms with Gasteiger partial charge in [-0.1, -0.05) is 42.0 Å². The number of rotatable bonds is 5. The Labute approximate surface area is 187 Å². The minimum absolute atomic E-state index is 0.0351. The number of thioether (sulfide) groups is 1. The first kappa shape index (κ1) is 21.5. The van der Waals surface area contributed by atoms with Gasteiger partial charge in [0.1, 0.15) is 5.75 Å². The van der Waals surface area contributed by atoms with Gasteiger partial charge in [0.15, 0.2) is 0 Å². The van der Waals surface area contributed by atoms with Crippen LogP contribution in [0.5, 0.6) is 5.75 Å². The Morgan fingerprint density at radius 3 is 2.77 bits per heavy atom. The Morgan fingerprint density at radius 1 is 1.23 bits per heavy atom. The second kappa shape index (κ2) is 9.60. The summed E-state index contributed by atoms with van der Waals surface area (Å²) >= 11 is 1.66.